The van der Waals surface area contributed by atoms with Gasteiger partial charge in [0.15, 0.2) is 16.7 Å². The molecule has 174 valence electrons. The molecule has 1 heterocycles. The van der Waals surface area contributed by atoms with Crippen molar-refractivity contribution in [2.75, 3.05) is 14.2 Å². The van der Waals surface area contributed by atoms with Crippen molar-refractivity contribution >= 4 is 35.0 Å². The van der Waals surface area contributed by atoms with E-state index in [1.165, 1.54) is 26.4 Å². The molecule has 5 fully saturated rings. The van der Waals surface area contributed by atoms with Crippen molar-refractivity contribution in [3.8, 4) is 11.5 Å². The summed E-state index contributed by atoms with van der Waals surface area (Å²) in [6.45, 7) is 0. The summed E-state index contributed by atoms with van der Waals surface area (Å²) in [6, 6.07) is 3.75. The second-order valence-electron chi connectivity index (χ2n) is 9.55. The van der Waals surface area contributed by atoms with E-state index in [0.717, 1.165) is 66.0 Å². The van der Waals surface area contributed by atoms with E-state index in [2.05, 4.69) is 20.3 Å². The first kappa shape index (κ1) is 22.0. The molecule has 1 aliphatic heterocycles. The Bertz CT molecular complexity index is 1060. The first-order valence-electron chi connectivity index (χ1n) is 11.2. The van der Waals surface area contributed by atoms with Gasteiger partial charge in [-0.1, -0.05) is 0 Å². The lowest BCUT2D eigenvalue weighted by atomic mass is 9.48. The maximum Gasteiger partial charge on any atom is 0.331 e. The molecule has 9 heteroatoms. The maximum absolute atomic E-state index is 12.0. The number of ether oxygens (including phenoxy) is 2. The number of benzene rings is 1. The van der Waals surface area contributed by atoms with E-state index < -0.39 is 11.9 Å². The van der Waals surface area contributed by atoms with Crippen LogP contribution in [0.5, 0.6) is 11.5 Å². The van der Waals surface area contributed by atoms with E-state index in [1.54, 1.807) is 19.4 Å². The molecular formula is C24H27N3O5S. The van der Waals surface area contributed by atoms with Crippen molar-refractivity contribution in [3.05, 3.63) is 34.2 Å². The summed E-state index contributed by atoms with van der Waals surface area (Å²) in [5.41, 5.74) is 1.74. The summed E-state index contributed by atoms with van der Waals surface area (Å²) in [7, 11) is 2.80. The number of carbonyl (C=O) groups excluding carboxylic acids is 2. The lowest BCUT2D eigenvalue weighted by molar-refractivity contribution is -0.135. The largest absolute Gasteiger partial charge is 0.504 e. The zero-order chi connectivity index (χ0) is 23.2. The first-order valence-corrected chi connectivity index (χ1v) is 12.0. The minimum absolute atomic E-state index is 0.00468. The third-order valence-electron chi connectivity index (χ3n) is 7.38. The van der Waals surface area contributed by atoms with Gasteiger partial charge in [-0.15, -0.1) is 5.10 Å². The molecule has 0 atom stereocenters. The van der Waals surface area contributed by atoms with Crippen LogP contribution < -0.4 is 10.1 Å². The van der Waals surface area contributed by atoms with Crippen LogP contribution in [0.1, 0.15) is 49.7 Å². The number of carbonyl (C=O) groups is 2. The number of aromatic hydroxyl groups is 1. The number of methoxy groups -OCH3 is 2. The monoisotopic (exact) mass is 469 g/mol. The fourth-order valence-electron chi connectivity index (χ4n) is 6.49. The van der Waals surface area contributed by atoms with Crippen LogP contribution >= 0.6 is 11.8 Å². The Morgan fingerprint density at radius 1 is 1.18 bits per heavy atom. The fraction of sp³-hybridized carbons (Fsp3) is 0.500. The summed E-state index contributed by atoms with van der Waals surface area (Å²) in [4.78, 5) is 23.5. The third-order valence-corrected chi connectivity index (χ3v) is 8.28. The van der Waals surface area contributed by atoms with Crippen LogP contribution in [0.2, 0.25) is 0 Å². The number of esters is 1. The molecule has 4 bridgehead atoms. The van der Waals surface area contributed by atoms with Gasteiger partial charge in [0.25, 0.3) is 5.91 Å². The number of amides is 1. The number of nitrogens with zero attached hydrogens (tertiary/aromatic N) is 2. The van der Waals surface area contributed by atoms with Crippen LogP contribution in [0.15, 0.2) is 33.3 Å². The van der Waals surface area contributed by atoms with Gasteiger partial charge in [0.2, 0.25) is 0 Å². The number of hydrogen-bond acceptors (Lipinski definition) is 8. The summed E-state index contributed by atoms with van der Waals surface area (Å²) >= 11 is 1.02. The second kappa shape index (κ2) is 8.52. The Balaban J connectivity index is 1.40. The Labute approximate surface area is 196 Å². The van der Waals surface area contributed by atoms with E-state index in [0.29, 0.717) is 5.75 Å². The third kappa shape index (κ3) is 4.14. The highest BCUT2D eigenvalue weighted by Crippen LogP contribution is 2.62. The van der Waals surface area contributed by atoms with Gasteiger partial charge in [0, 0.05) is 11.6 Å². The predicted molar refractivity (Wildman–Crippen MR) is 125 cm³/mol. The molecule has 2 N–H and O–H groups in total. The lowest BCUT2D eigenvalue weighted by Crippen LogP contribution is -2.48. The molecule has 1 amide bonds. The highest BCUT2D eigenvalue weighted by Gasteiger charge is 2.52. The fourth-order valence-corrected chi connectivity index (χ4v) is 7.23. The Kier molecular flexibility index (Phi) is 5.68. The van der Waals surface area contributed by atoms with Crippen molar-refractivity contribution in [1.82, 2.24) is 5.32 Å². The van der Waals surface area contributed by atoms with E-state index in [1.807, 2.05) is 6.07 Å². The molecule has 1 aromatic rings. The molecule has 0 aromatic heterocycles. The summed E-state index contributed by atoms with van der Waals surface area (Å²) in [5, 5.41) is 22.1. The average molecular weight is 470 g/mol. The van der Waals surface area contributed by atoms with Gasteiger partial charge in [-0.05, 0) is 91.2 Å². The topological polar surface area (TPSA) is 110 Å². The van der Waals surface area contributed by atoms with Gasteiger partial charge >= 0.3 is 5.97 Å². The Hall–Kier alpha value is -2.81. The molecule has 1 saturated heterocycles. The first-order chi connectivity index (χ1) is 15.9. The molecule has 0 radical (unpaired) electrons. The van der Waals surface area contributed by atoms with Crippen LogP contribution in [0, 0.1) is 17.8 Å². The van der Waals surface area contributed by atoms with Gasteiger partial charge in [0.1, 0.15) is 0 Å². The summed E-state index contributed by atoms with van der Waals surface area (Å²) in [5.74, 6) is 1.89. The van der Waals surface area contributed by atoms with E-state index in [4.69, 9.17) is 4.74 Å². The van der Waals surface area contributed by atoms with E-state index in [9.17, 15) is 14.7 Å². The molecule has 4 saturated carbocycles. The number of nitrogens with one attached hydrogen (secondary N) is 1. The minimum Gasteiger partial charge on any atom is -0.504 e. The number of amidine groups is 1. The zero-order valence-corrected chi connectivity index (χ0v) is 19.5. The molecule has 5 aliphatic rings. The number of hydrogen-bond donors (Lipinski definition) is 2. The van der Waals surface area contributed by atoms with Crippen molar-refractivity contribution in [2.45, 2.75) is 43.9 Å². The van der Waals surface area contributed by atoms with Crippen molar-refractivity contribution < 1.29 is 24.2 Å². The number of thioether (sulfide) groups is 1. The molecule has 0 unspecified atom stereocenters. The second-order valence-corrected chi connectivity index (χ2v) is 10.6. The number of rotatable bonds is 5. The zero-order valence-electron chi connectivity index (χ0n) is 18.7. The van der Waals surface area contributed by atoms with Crippen LogP contribution in [-0.2, 0) is 19.7 Å². The minimum atomic E-state index is -0.606. The smallest absolute Gasteiger partial charge is 0.331 e. The molecule has 1 aromatic carbocycles. The normalized spacial score (nSPS) is 32.7. The molecule has 33 heavy (non-hydrogen) atoms. The van der Waals surface area contributed by atoms with Crippen LogP contribution in [0.25, 0.3) is 0 Å². The van der Waals surface area contributed by atoms with Crippen molar-refractivity contribution in [2.24, 2.45) is 28.0 Å². The van der Waals surface area contributed by atoms with Crippen LogP contribution in [0.3, 0.4) is 0 Å². The van der Waals surface area contributed by atoms with Gasteiger partial charge in [-0.25, -0.2) is 4.79 Å². The average Bonchev–Trinajstić information content (AvgIpc) is 3.12. The van der Waals surface area contributed by atoms with Crippen LogP contribution in [0.4, 0.5) is 0 Å². The molecule has 4 aliphatic carbocycles. The predicted octanol–water partition coefficient (Wildman–Crippen LogP) is 3.48. The van der Waals surface area contributed by atoms with Crippen molar-refractivity contribution in [3.63, 3.8) is 0 Å². The maximum atomic E-state index is 12.0. The number of phenolic OH excluding ortho intramolecular Hbond substituents is 1. The quantitative estimate of drug-likeness (QED) is 0.296. The Morgan fingerprint density at radius 3 is 2.45 bits per heavy atom. The molecule has 8 nitrogen and oxygen atoms in total. The standard InChI is InChI=1S/C24H27N3O5S/c1-31-18-7-16(12-25-27-23-26-22(30)19(33-23)8-20(28)32-2)6-17(21(18)29)24-9-13-3-14(10-24)5-15(4-13)11-24/h6-8,12-15,29H,3-5,9-11H2,1-2H3,(H,26,27,30)/b19-8+,25-12?. The van der Waals surface area contributed by atoms with E-state index >= 15 is 0 Å². The van der Waals surface area contributed by atoms with Gasteiger partial charge in [-0.2, -0.15) is 5.10 Å². The molecule has 6 rings (SSSR count). The van der Waals surface area contributed by atoms with Crippen LogP contribution in [-0.4, -0.2) is 42.6 Å². The van der Waals surface area contributed by atoms with Gasteiger partial charge < -0.3 is 14.6 Å². The van der Waals surface area contributed by atoms with Crippen molar-refractivity contribution in [1.29, 1.82) is 0 Å². The Morgan fingerprint density at radius 2 is 1.85 bits per heavy atom. The summed E-state index contributed by atoms with van der Waals surface area (Å²) in [6.07, 6.45) is 10.1. The highest BCUT2D eigenvalue weighted by molar-refractivity contribution is 8.18. The summed E-state index contributed by atoms with van der Waals surface area (Å²) < 4.78 is 10.0. The van der Waals surface area contributed by atoms with Gasteiger partial charge in [-0.3, -0.25) is 10.1 Å². The molecule has 0 spiro atoms. The number of phenols is 1. The lowest BCUT2D eigenvalue weighted by Gasteiger charge is -2.57. The molecular weight excluding hydrogens is 442 g/mol. The van der Waals surface area contributed by atoms with Gasteiger partial charge in [0.05, 0.1) is 25.3 Å². The SMILES string of the molecule is COC(=O)/C=C1/S/C(=N\N=Cc2cc(OC)c(O)c(C34CC5CC(CC(C5)C3)C4)c2)NC1=O. The highest BCUT2D eigenvalue weighted by atomic mass is 32.2. The van der Waals surface area contributed by atoms with E-state index in [-0.39, 0.29) is 21.2 Å².